The van der Waals surface area contributed by atoms with Crippen LogP contribution in [-0.2, 0) is 0 Å². The van der Waals surface area contributed by atoms with Crippen LogP contribution in [0.4, 0.5) is 11.4 Å². The topological polar surface area (TPSA) is 112 Å². The molecule has 126 valence electrons. The number of rotatable bonds is 4. The summed E-state index contributed by atoms with van der Waals surface area (Å²) >= 11 is 0. The highest BCUT2D eigenvalue weighted by Crippen LogP contribution is 2.22. The molecule has 0 aliphatic rings. The van der Waals surface area contributed by atoms with Crippen molar-refractivity contribution in [1.82, 2.24) is 0 Å². The second kappa shape index (κ2) is 6.44. The molecule has 25 heavy (non-hydrogen) atoms. The lowest BCUT2D eigenvalue weighted by molar-refractivity contribution is -0.384. The lowest BCUT2D eigenvalue weighted by atomic mass is 10.2. The minimum atomic E-state index is -0.701. The third kappa shape index (κ3) is 3.32. The molecular weight excluding hydrogens is 328 g/mol. The fourth-order valence-corrected chi connectivity index (χ4v) is 2.24. The number of carbonyl (C=O) groups excluding carboxylic acids is 1. The van der Waals surface area contributed by atoms with Crippen molar-refractivity contribution < 1.29 is 18.9 Å². The Morgan fingerprint density at radius 2 is 1.88 bits per heavy atom. The summed E-state index contributed by atoms with van der Waals surface area (Å²) in [6, 6.07) is 11.4. The number of carbonyl (C=O) groups is 1. The van der Waals surface area contributed by atoms with Crippen LogP contribution in [0.3, 0.4) is 0 Å². The summed E-state index contributed by atoms with van der Waals surface area (Å²) in [6.45, 7) is 0. The van der Waals surface area contributed by atoms with E-state index in [1.54, 1.807) is 18.2 Å². The Morgan fingerprint density at radius 1 is 1.16 bits per heavy atom. The molecule has 0 bridgehead atoms. The molecule has 0 radical (unpaired) electrons. The van der Waals surface area contributed by atoms with Gasteiger partial charge in [0.05, 0.1) is 12.0 Å². The first-order valence-corrected chi connectivity index (χ1v) is 7.15. The maximum atomic E-state index is 12.2. The van der Waals surface area contributed by atoms with Gasteiger partial charge in [0.25, 0.3) is 11.6 Å². The van der Waals surface area contributed by atoms with Gasteiger partial charge in [0, 0.05) is 23.1 Å². The van der Waals surface area contributed by atoms with Gasteiger partial charge in [0.1, 0.15) is 17.0 Å². The summed E-state index contributed by atoms with van der Waals surface area (Å²) in [4.78, 5) is 34.3. The number of benzene rings is 2. The van der Waals surface area contributed by atoms with E-state index >= 15 is 0 Å². The molecule has 0 spiro atoms. The number of anilines is 1. The van der Waals surface area contributed by atoms with Crippen molar-refractivity contribution in [3.63, 3.8) is 0 Å². The van der Waals surface area contributed by atoms with E-state index in [1.807, 2.05) is 0 Å². The van der Waals surface area contributed by atoms with Gasteiger partial charge < -0.3 is 14.5 Å². The maximum Gasteiger partial charge on any atom is 0.360 e. The number of ether oxygens (including phenoxy) is 1. The number of fused-ring (bicyclic) bond motifs is 1. The van der Waals surface area contributed by atoms with E-state index in [0.29, 0.717) is 16.7 Å². The molecule has 3 aromatic rings. The summed E-state index contributed by atoms with van der Waals surface area (Å²) < 4.78 is 10.3. The molecule has 1 amide bonds. The Hall–Kier alpha value is -3.68. The molecule has 0 atom stereocenters. The van der Waals surface area contributed by atoms with Crippen molar-refractivity contribution >= 4 is 28.3 Å². The predicted octanol–water partition coefficient (Wildman–Crippen LogP) is 2.96. The van der Waals surface area contributed by atoms with Gasteiger partial charge >= 0.3 is 5.63 Å². The molecule has 8 nitrogen and oxygen atoms in total. The van der Waals surface area contributed by atoms with E-state index in [-0.39, 0.29) is 16.9 Å². The highest BCUT2D eigenvalue weighted by molar-refractivity contribution is 6.04. The van der Waals surface area contributed by atoms with Gasteiger partial charge in [-0.3, -0.25) is 14.9 Å². The van der Waals surface area contributed by atoms with E-state index < -0.39 is 16.5 Å². The molecule has 0 aliphatic carbocycles. The molecular formula is C17H12N2O6. The Morgan fingerprint density at radius 3 is 2.52 bits per heavy atom. The number of nitro benzene ring substituents is 1. The lowest BCUT2D eigenvalue weighted by Crippen LogP contribution is -2.17. The van der Waals surface area contributed by atoms with Gasteiger partial charge in [0.15, 0.2) is 0 Å². The van der Waals surface area contributed by atoms with Crippen molar-refractivity contribution in [3.8, 4) is 5.75 Å². The Balaban J connectivity index is 1.90. The van der Waals surface area contributed by atoms with Crippen LogP contribution in [0.2, 0.25) is 0 Å². The first kappa shape index (κ1) is 16.2. The number of non-ortho nitro benzene ring substituents is 1. The number of nitrogens with one attached hydrogen (secondary N) is 1. The minimum Gasteiger partial charge on any atom is -0.497 e. The normalized spacial score (nSPS) is 10.4. The Bertz CT molecular complexity index is 1020. The van der Waals surface area contributed by atoms with Crippen LogP contribution < -0.4 is 15.7 Å². The minimum absolute atomic E-state index is 0.0379. The lowest BCUT2D eigenvalue weighted by Gasteiger charge is -2.06. The number of amides is 1. The first-order chi connectivity index (χ1) is 12.0. The quantitative estimate of drug-likeness (QED) is 0.444. The SMILES string of the molecule is COc1ccc2oc(=O)c(NC(=O)c3ccc([N+](=O)[O-])cc3)cc2c1. The fourth-order valence-electron chi connectivity index (χ4n) is 2.24. The smallest absolute Gasteiger partial charge is 0.360 e. The highest BCUT2D eigenvalue weighted by Gasteiger charge is 2.13. The first-order valence-electron chi connectivity index (χ1n) is 7.15. The maximum absolute atomic E-state index is 12.2. The fraction of sp³-hybridized carbons (Fsp3) is 0.0588. The highest BCUT2D eigenvalue weighted by atomic mass is 16.6. The Kier molecular flexibility index (Phi) is 4.17. The molecule has 0 aliphatic heterocycles. The van der Waals surface area contributed by atoms with Crippen LogP contribution in [0.5, 0.6) is 5.75 Å². The van der Waals surface area contributed by atoms with E-state index in [4.69, 9.17) is 9.15 Å². The molecule has 1 N–H and O–H groups in total. The van der Waals surface area contributed by atoms with E-state index in [9.17, 15) is 19.7 Å². The second-order valence-corrected chi connectivity index (χ2v) is 5.11. The largest absolute Gasteiger partial charge is 0.497 e. The molecule has 0 fully saturated rings. The number of methoxy groups -OCH3 is 1. The van der Waals surface area contributed by atoms with E-state index in [2.05, 4.69) is 5.32 Å². The standard InChI is InChI=1S/C17H12N2O6/c1-24-13-6-7-15-11(8-13)9-14(17(21)25-15)18-16(20)10-2-4-12(5-3-10)19(22)23/h2-9H,1H3,(H,18,20). The molecule has 0 unspecified atom stereocenters. The summed E-state index contributed by atoms with van der Waals surface area (Å²) in [5.41, 5.74) is -0.333. The monoisotopic (exact) mass is 340 g/mol. The van der Waals surface area contributed by atoms with Crippen LogP contribution >= 0.6 is 0 Å². The molecule has 3 rings (SSSR count). The van der Waals surface area contributed by atoms with Crippen LogP contribution in [0.1, 0.15) is 10.4 Å². The Labute approximate surface area is 140 Å². The molecule has 8 heteroatoms. The zero-order chi connectivity index (χ0) is 18.0. The third-order valence-corrected chi connectivity index (χ3v) is 3.53. The van der Waals surface area contributed by atoms with Crippen molar-refractivity contribution in [2.75, 3.05) is 12.4 Å². The molecule has 2 aromatic carbocycles. The molecule has 1 heterocycles. The number of nitro groups is 1. The average Bonchev–Trinajstić information content (AvgIpc) is 2.62. The summed E-state index contributed by atoms with van der Waals surface area (Å²) in [5.74, 6) is -0.00145. The van der Waals surface area contributed by atoms with Gasteiger partial charge in [0.2, 0.25) is 0 Å². The van der Waals surface area contributed by atoms with E-state index in [0.717, 1.165) is 0 Å². The second-order valence-electron chi connectivity index (χ2n) is 5.11. The van der Waals surface area contributed by atoms with Crippen LogP contribution in [0.25, 0.3) is 11.0 Å². The van der Waals surface area contributed by atoms with E-state index in [1.165, 1.54) is 37.4 Å². The van der Waals surface area contributed by atoms with Gasteiger partial charge in [-0.05, 0) is 36.4 Å². The average molecular weight is 340 g/mol. The third-order valence-electron chi connectivity index (χ3n) is 3.53. The van der Waals surface area contributed by atoms with Gasteiger partial charge in [-0.2, -0.15) is 0 Å². The van der Waals surface area contributed by atoms with Gasteiger partial charge in [-0.25, -0.2) is 4.79 Å². The molecule has 0 saturated heterocycles. The molecule has 1 aromatic heterocycles. The van der Waals surface area contributed by atoms with Gasteiger partial charge in [-0.1, -0.05) is 0 Å². The van der Waals surface area contributed by atoms with Crippen molar-refractivity contribution in [2.45, 2.75) is 0 Å². The van der Waals surface area contributed by atoms with Crippen LogP contribution in [0.15, 0.2) is 57.7 Å². The van der Waals surface area contributed by atoms with Crippen LogP contribution in [0, 0.1) is 10.1 Å². The summed E-state index contributed by atoms with van der Waals surface area (Å²) in [7, 11) is 1.51. The number of nitrogens with zero attached hydrogens (tertiary/aromatic N) is 1. The summed E-state index contributed by atoms with van der Waals surface area (Å²) in [6.07, 6.45) is 0. The number of hydrogen-bond donors (Lipinski definition) is 1. The van der Waals surface area contributed by atoms with Crippen LogP contribution in [-0.4, -0.2) is 17.9 Å². The van der Waals surface area contributed by atoms with Crippen molar-refractivity contribution in [1.29, 1.82) is 0 Å². The van der Waals surface area contributed by atoms with Crippen molar-refractivity contribution in [2.24, 2.45) is 0 Å². The zero-order valence-corrected chi connectivity index (χ0v) is 13.0. The van der Waals surface area contributed by atoms with Gasteiger partial charge in [-0.15, -0.1) is 0 Å². The molecule has 0 saturated carbocycles. The summed E-state index contributed by atoms with van der Waals surface area (Å²) in [5, 5.41) is 13.7. The predicted molar refractivity (Wildman–Crippen MR) is 90.1 cm³/mol. The number of hydrogen-bond acceptors (Lipinski definition) is 6. The van der Waals surface area contributed by atoms with Crippen molar-refractivity contribution in [3.05, 3.63) is 74.6 Å². The zero-order valence-electron chi connectivity index (χ0n) is 13.0.